The lowest BCUT2D eigenvalue weighted by atomic mass is 9.90. The summed E-state index contributed by atoms with van der Waals surface area (Å²) in [6.45, 7) is 9.59. The number of sulfonamides is 1. The Morgan fingerprint density at radius 2 is 1.50 bits per heavy atom. The highest BCUT2D eigenvalue weighted by Gasteiger charge is 2.21. The van der Waals surface area contributed by atoms with Gasteiger partial charge < -0.3 is 0 Å². The normalized spacial score (nSPS) is 17.5. The van der Waals surface area contributed by atoms with Gasteiger partial charge in [0.15, 0.2) is 5.78 Å². The topological polar surface area (TPSA) is 63.6 Å². The monoisotopic (exact) mass is 345 g/mol. The molecule has 24 heavy (non-hydrogen) atoms. The molecule has 0 heterocycles. The summed E-state index contributed by atoms with van der Waals surface area (Å²) in [4.78, 5) is 12.1. The van der Waals surface area contributed by atoms with Gasteiger partial charge in [-0.3, -0.25) is 4.79 Å². The molecule has 5 heteroatoms. The van der Waals surface area contributed by atoms with Crippen LogP contribution in [-0.2, 0) is 14.8 Å². The van der Waals surface area contributed by atoms with Crippen LogP contribution in [0.4, 0.5) is 0 Å². The van der Waals surface area contributed by atoms with Gasteiger partial charge in [0.05, 0.1) is 10.6 Å². The molecule has 0 saturated carbocycles. The molecule has 0 saturated heterocycles. The fourth-order valence-corrected chi connectivity index (χ4v) is 3.48. The number of hydrogen-bond donors (Lipinski definition) is 0. The maximum absolute atomic E-state index is 12.6. The second-order valence-electron chi connectivity index (χ2n) is 6.62. The summed E-state index contributed by atoms with van der Waals surface area (Å²) >= 11 is 0. The zero-order valence-corrected chi connectivity index (χ0v) is 15.5. The zero-order valence-electron chi connectivity index (χ0n) is 14.7. The number of nitrogens with zero attached hydrogens (tertiary/aromatic N) is 1. The van der Waals surface area contributed by atoms with Gasteiger partial charge in [-0.05, 0) is 54.2 Å². The minimum Gasteiger partial charge on any atom is -0.290 e. The van der Waals surface area contributed by atoms with Crippen LogP contribution in [0.25, 0.3) is 0 Å². The Labute approximate surface area is 144 Å². The molecule has 0 aliphatic heterocycles. The van der Waals surface area contributed by atoms with Crippen molar-refractivity contribution in [3.63, 3.8) is 0 Å². The van der Waals surface area contributed by atoms with Crippen LogP contribution in [0, 0.1) is 5.92 Å². The van der Waals surface area contributed by atoms with Gasteiger partial charge in [0.25, 0.3) is 10.0 Å². The molecule has 0 aromatic heterocycles. The van der Waals surface area contributed by atoms with Crippen molar-refractivity contribution in [1.82, 2.24) is 0 Å². The van der Waals surface area contributed by atoms with E-state index in [2.05, 4.69) is 18.2 Å². The molecule has 0 unspecified atom stereocenters. The van der Waals surface area contributed by atoms with Gasteiger partial charge in [-0.1, -0.05) is 39.8 Å². The lowest BCUT2D eigenvalue weighted by molar-refractivity contribution is -0.111. The predicted octanol–water partition coefficient (Wildman–Crippen LogP) is 4.05. The van der Waals surface area contributed by atoms with Crippen molar-refractivity contribution < 1.29 is 13.2 Å². The highest BCUT2D eigenvalue weighted by atomic mass is 32.2. The number of benzene rings is 1. The SMILES string of the molecule is CC1=CC(=O)C(C(C)C)=CC1=NS(=O)(=O)c1ccc(C(C)C)cc1. The first-order chi connectivity index (χ1) is 11.1. The summed E-state index contributed by atoms with van der Waals surface area (Å²) in [5.74, 6) is 0.263. The van der Waals surface area contributed by atoms with Gasteiger partial charge in [-0.25, -0.2) is 0 Å². The lowest BCUT2D eigenvalue weighted by Crippen LogP contribution is -2.16. The molecule has 4 nitrogen and oxygen atoms in total. The molecule has 0 N–H and O–H groups in total. The molecule has 1 aromatic rings. The van der Waals surface area contributed by atoms with Crippen molar-refractivity contribution in [2.45, 2.75) is 45.4 Å². The van der Waals surface area contributed by atoms with E-state index in [9.17, 15) is 13.2 Å². The molecule has 0 atom stereocenters. The number of hydrogen-bond acceptors (Lipinski definition) is 3. The summed E-state index contributed by atoms with van der Waals surface area (Å²) in [6, 6.07) is 6.77. The van der Waals surface area contributed by atoms with Crippen LogP contribution in [0.5, 0.6) is 0 Å². The van der Waals surface area contributed by atoms with Crippen LogP contribution < -0.4 is 0 Å². The van der Waals surface area contributed by atoms with Crippen molar-refractivity contribution in [2.24, 2.45) is 10.3 Å². The highest BCUT2D eigenvalue weighted by molar-refractivity contribution is 7.90. The lowest BCUT2D eigenvalue weighted by Gasteiger charge is -2.15. The van der Waals surface area contributed by atoms with E-state index in [1.807, 2.05) is 13.8 Å². The molecular formula is C19H23NO3S. The van der Waals surface area contributed by atoms with Crippen molar-refractivity contribution >= 4 is 21.5 Å². The van der Waals surface area contributed by atoms with Crippen molar-refractivity contribution in [3.8, 4) is 0 Å². The maximum atomic E-state index is 12.6. The van der Waals surface area contributed by atoms with Crippen molar-refractivity contribution in [1.29, 1.82) is 0 Å². The van der Waals surface area contributed by atoms with E-state index >= 15 is 0 Å². The molecule has 1 aliphatic carbocycles. The Morgan fingerprint density at radius 3 is 2.00 bits per heavy atom. The molecule has 2 rings (SSSR count). The fourth-order valence-electron chi connectivity index (χ4n) is 2.44. The van der Waals surface area contributed by atoms with Gasteiger partial charge >= 0.3 is 0 Å². The van der Waals surface area contributed by atoms with E-state index in [1.54, 1.807) is 37.3 Å². The molecule has 128 valence electrons. The standard InChI is InChI=1S/C19H23NO3S/c1-12(2)15-6-8-16(9-7-15)24(22,23)20-18-11-17(13(3)4)19(21)10-14(18)5/h6-13H,1-5H3. The third-order valence-electron chi connectivity index (χ3n) is 4.01. The smallest absolute Gasteiger partial charge is 0.282 e. The van der Waals surface area contributed by atoms with E-state index in [4.69, 9.17) is 0 Å². The average molecular weight is 345 g/mol. The number of carbonyl (C=O) groups excluding carboxylic acids is 1. The Hall–Kier alpha value is -2.01. The highest BCUT2D eigenvalue weighted by Crippen LogP contribution is 2.23. The summed E-state index contributed by atoms with van der Waals surface area (Å²) in [7, 11) is -3.81. The molecule has 1 aromatic carbocycles. The van der Waals surface area contributed by atoms with E-state index < -0.39 is 10.0 Å². The van der Waals surface area contributed by atoms with Gasteiger partial charge in [0.1, 0.15) is 0 Å². The van der Waals surface area contributed by atoms with Gasteiger partial charge in [0, 0.05) is 5.57 Å². The Bertz CT molecular complexity index is 839. The van der Waals surface area contributed by atoms with Gasteiger partial charge in [-0.15, -0.1) is 0 Å². The molecule has 0 spiro atoms. The molecule has 0 amide bonds. The molecular weight excluding hydrogens is 322 g/mol. The first-order valence-electron chi connectivity index (χ1n) is 8.01. The van der Waals surface area contributed by atoms with Gasteiger partial charge in [-0.2, -0.15) is 12.8 Å². The number of ketones is 1. The van der Waals surface area contributed by atoms with Crippen LogP contribution in [0.3, 0.4) is 0 Å². The third-order valence-corrected chi connectivity index (χ3v) is 5.32. The minimum atomic E-state index is -3.81. The van der Waals surface area contributed by atoms with E-state index in [-0.39, 0.29) is 16.6 Å². The molecule has 0 bridgehead atoms. The fraction of sp³-hybridized carbons (Fsp3) is 0.368. The molecule has 0 radical (unpaired) electrons. The Morgan fingerprint density at radius 1 is 0.917 bits per heavy atom. The number of carbonyl (C=O) groups is 1. The Balaban J connectivity index is 2.44. The number of rotatable bonds is 4. The van der Waals surface area contributed by atoms with E-state index in [1.165, 1.54) is 6.08 Å². The second-order valence-corrected chi connectivity index (χ2v) is 8.23. The maximum Gasteiger partial charge on any atom is 0.282 e. The predicted molar refractivity (Wildman–Crippen MR) is 96.8 cm³/mol. The average Bonchev–Trinajstić information content (AvgIpc) is 2.49. The van der Waals surface area contributed by atoms with Crippen LogP contribution in [0.1, 0.15) is 46.1 Å². The summed E-state index contributed by atoms with van der Waals surface area (Å²) < 4.78 is 29.1. The third kappa shape index (κ3) is 3.90. The van der Waals surface area contributed by atoms with Crippen molar-refractivity contribution in [3.05, 3.63) is 53.1 Å². The first kappa shape index (κ1) is 18.3. The summed E-state index contributed by atoms with van der Waals surface area (Å²) in [6.07, 6.45) is 3.04. The zero-order chi connectivity index (χ0) is 18.1. The molecule has 1 aliphatic rings. The van der Waals surface area contributed by atoms with Crippen molar-refractivity contribution in [2.75, 3.05) is 0 Å². The Kier molecular flexibility index (Phi) is 5.23. The summed E-state index contributed by atoms with van der Waals surface area (Å²) in [5, 5.41) is 0. The van der Waals surface area contributed by atoms with Crippen LogP contribution in [0.15, 0.2) is 56.9 Å². The molecule has 0 fully saturated rings. The quantitative estimate of drug-likeness (QED) is 0.773. The van der Waals surface area contributed by atoms with Crippen LogP contribution >= 0.6 is 0 Å². The largest absolute Gasteiger partial charge is 0.290 e. The van der Waals surface area contributed by atoms with E-state index in [0.29, 0.717) is 22.8 Å². The summed E-state index contributed by atoms with van der Waals surface area (Å²) in [5.41, 5.74) is 2.53. The minimum absolute atomic E-state index is 0.0140. The first-order valence-corrected chi connectivity index (χ1v) is 9.45. The van der Waals surface area contributed by atoms with Crippen LogP contribution in [-0.4, -0.2) is 19.9 Å². The van der Waals surface area contributed by atoms with Gasteiger partial charge in [0.2, 0.25) is 0 Å². The van der Waals surface area contributed by atoms with E-state index in [0.717, 1.165) is 5.56 Å². The second kappa shape index (κ2) is 6.85. The van der Waals surface area contributed by atoms with Crippen LogP contribution in [0.2, 0.25) is 0 Å². The number of allylic oxidation sites excluding steroid dienone is 4.